The topological polar surface area (TPSA) is 51.7 Å². The summed E-state index contributed by atoms with van der Waals surface area (Å²) in [6.45, 7) is 4.64. The minimum absolute atomic E-state index is 0.00960. The summed E-state index contributed by atoms with van der Waals surface area (Å²) in [5, 5.41) is 3.77. The van der Waals surface area contributed by atoms with E-state index in [0.717, 1.165) is 10.7 Å². The molecule has 0 radical (unpaired) electrons. The van der Waals surface area contributed by atoms with Gasteiger partial charge in [0.2, 0.25) is 0 Å². The number of rotatable bonds is 8. The average molecular weight is 465 g/mol. The molecule has 5 nitrogen and oxygen atoms in total. The van der Waals surface area contributed by atoms with Gasteiger partial charge in [-0.05, 0) is 44.2 Å². The first-order valence-electron chi connectivity index (χ1n) is 9.33. The van der Waals surface area contributed by atoms with Crippen molar-refractivity contribution >= 4 is 40.4 Å². The molecule has 1 aromatic heterocycles. The molecule has 1 heterocycles. The highest BCUT2D eigenvalue weighted by atomic mass is 35.5. The minimum atomic E-state index is -0.0691. The van der Waals surface area contributed by atoms with Gasteiger partial charge in [-0.3, -0.25) is 4.79 Å². The van der Waals surface area contributed by atoms with Crippen LogP contribution in [0.1, 0.15) is 34.9 Å². The molecule has 1 amide bonds. The summed E-state index contributed by atoms with van der Waals surface area (Å²) in [5.41, 5.74) is 1.39. The van der Waals surface area contributed by atoms with Crippen molar-refractivity contribution in [3.05, 3.63) is 74.2 Å². The Hall–Kier alpha value is -2.28. The first kappa shape index (κ1) is 22.4. The SMILES string of the molecule is COc1cccc(C(=O)N(Cc2csc(COc3cc(Cl)ccc3Cl)n2)C(C)C)c1. The number of aromatic nitrogens is 1. The number of carbonyl (C=O) groups excluding carboxylic acids is 1. The summed E-state index contributed by atoms with van der Waals surface area (Å²) in [7, 11) is 1.58. The molecular formula is C22H22Cl2N2O3S. The number of methoxy groups -OCH3 is 1. The molecule has 0 aliphatic rings. The van der Waals surface area contributed by atoms with Crippen molar-refractivity contribution in [1.82, 2.24) is 9.88 Å². The molecule has 0 unspecified atom stereocenters. The average Bonchev–Trinajstić information content (AvgIpc) is 3.19. The fraction of sp³-hybridized carbons (Fsp3) is 0.273. The zero-order valence-corrected chi connectivity index (χ0v) is 19.2. The molecule has 3 rings (SSSR count). The van der Waals surface area contributed by atoms with E-state index in [4.69, 9.17) is 32.7 Å². The zero-order chi connectivity index (χ0) is 21.7. The summed E-state index contributed by atoms with van der Waals surface area (Å²) in [6, 6.07) is 12.2. The second-order valence-electron chi connectivity index (χ2n) is 6.85. The largest absolute Gasteiger partial charge is 0.497 e. The number of hydrogen-bond acceptors (Lipinski definition) is 5. The van der Waals surface area contributed by atoms with Gasteiger partial charge in [0.05, 0.1) is 24.4 Å². The van der Waals surface area contributed by atoms with Gasteiger partial charge in [0, 0.05) is 28.1 Å². The Labute approximate surface area is 190 Å². The molecule has 0 N–H and O–H groups in total. The van der Waals surface area contributed by atoms with Crippen molar-refractivity contribution in [2.24, 2.45) is 0 Å². The van der Waals surface area contributed by atoms with E-state index >= 15 is 0 Å². The number of halogens is 2. The monoisotopic (exact) mass is 464 g/mol. The van der Waals surface area contributed by atoms with Gasteiger partial charge < -0.3 is 14.4 Å². The van der Waals surface area contributed by atoms with Crippen LogP contribution >= 0.6 is 34.5 Å². The third-order valence-corrected chi connectivity index (χ3v) is 5.80. The lowest BCUT2D eigenvalue weighted by molar-refractivity contribution is 0.0687. The molecule has 8 heteroatoms. The van der Waals surface area contributed by atoms with Gasteiger partial charge in [0.1, 0.15) is 23.1 Å². The molecule has 0 spiro atoms. The Kier molecular flexibility index (Phi) is 7.58. The fourth-order valence-corrected chi connectivity index (χ4v) is 3.83. The zero-order valence-electron chi connectivity index (χ0n) is 16.9. The van der Waals surface area contributed by atoms with Crippen LogP contribution in [-0.2, 0) is 13.2 Å². The van der Waals surface area contributed by atoms with Crippen LogP contribution in [0, 0.1) is 0 Å². The number of thiazole rings is 1. The Bertz CT molecular complexity index is 1020. The normalized spacial score (nSPS) is 10.9. The number of hydrogen-bond donors (Lipinski definition) is 0. The second-order valence-corrected chi connectivity index (χ2v) is 8.64. The molecule has 0 fully saturated rings. The van der Waals surface area contributed by atoms with Crippen molar-refractivity contribution in [3.63, 3.8) is 0 Å². The predicted octanol–water partition coefficient (Wildman–Crippen LogP) is 6.09. The molecule has 0 aliphatic heterocycles. The van der Waals surface area contributed by atoms with Crippen LogP contribution in [0.3, 0.4) is 0 Å². The van der Waals surface area contributed by atoms with Crippen LogP contribution in [0.2, 0.25) is 10.0 Å². The molecule has 30 heavy (non-hydrogen) atoms. The number of amides is 1. The van der Waals surface area contributed by atoms with Crippen molar-refractivity contribution in [2.75, 3.05) is 7.11 Å². The quantitative estimate of drug-likeness (QED) is 0.404. The van der Waals surface area contributed by atoms with Crippen molar-refractivity contribution in [3.8, 4) is 11.5 Å². The van der Waals surface area contributed by atoms with Gasteiger partial charge in [0.25, 0.3) is 5.91 Å². The number of ether oxygens (including phenoxy) is 2. The highest BCUT2D eigenvalue weighted by Gasteiger charge is 2.21. The van der Waals surface area contributed by atoms with Crippen LogP contribution < -0.4 is 9.47 Å². The Morgan fingerprint density at radius 2 is 2.00 bits per heavy atom. The van der Waals surface area contributed by atoms with E-state index in [1.807, 2.05) is 31.4 Å². The molecule has 0 atom stereocenters. The summed E-state index contributed by atoms with van der Waals surface area (Å²) in [4.78, 5) is 19.4. The fourth-order valence-electron chi connectivity index (χ4n) is 2.80. The third kappa shape index (κ3) is 5.65. The Morgan fingerprint density at radius 1 is 1.20 bits per heavy atom. The van der Waals surface area contributed by atoms with Gasteiger partial charge in [0.15, 0.2) is 0 Å². The second kappa shape index (κ2) is 10.2. The van der Waals surface area contributed by atoms with E-state index in [2.05, 4.69) is 4.98 Å². The summed E-state index contributed by atoms with van der Waals surface area (Å²) >= 11 is 13.6. The number of benzene rings is 2. The lowest BCUT2D eigenvalue weighted by atomic mass is 10.1. The maximum Gasteiger partial charge on any atom is 0.254 e. The van der Waals surface area contributed by atoms with Crippen LogP contribution in [0.5, 0.6) is 11.5 Å². The lowest BCUT2D eigenvalue weighted by Gasteiger charge is -2.26. The predicted molar refractivity (Wildman–Crippen MR) is 121 cm³/mol. The first-order chi connectivity index (χ1) is 14.4. The number of carbonyl (C=O) groups is 1. The third-order valence-electron chi connectivity index (χ3n) is 4.38. The van der Waals surface area contributed by atoms with E-state index in [1.165, 1.54) is 11.3 Å². The van der Waals surface area contributed by atoms with E-state index in [0.29, 0.717) is 33.7 Å². The van der Waals surface area contributed by atoms with E-state index in [9.17, 15) is 4.79 Å². The Morgan fingerprint density at radius 3 is 2.73 bits per heavy atom. The standard InChI is InChI=1S/C22H22Cl2N2O3S/c1-14(2)26(22(27)15-5-4-6-18(9-15)28-3)11-17-13-30-21(25-17)12-29-20-10-16(23)7-8-19(20)24/h4-10,13-14H,11-12H2,1-3H3. The van der Waals surface area contributed by atoms with Crippen molar-refractivity contribution < 1.29 is 14.3 Å². The summed E-state index contributed by atoms with van der Waals surface area (Å²) < 4.78 is 11.0. The Balaban J connectivity index is 1.68. The van der Waals surface area contributed by atoms with Gasteiger partial charge in [-0.2, -0.15) is 0 Å². The first-order valence-corrected chi connectivity index (χ1v) is 11.0. The summed E-state index contributed by atoms with van der Waals surface area (Å²) in [6.07, 6.45) is 0. The maximum absolute atomic E-state index is 13.0. The maximum atomic E-state index is 13.0. The van der Waals surface area contributed by atoms with Crippen LogP contribution in [0.4, 0.5) is 0 Å². The molecule has 0 saturated carbocycles. The molecule has 0 saturated heterocycles. The molecule has 3 aromatic rings. The van der Waals surface area contributed by atoms with Gasteiger partial charge in [-0.25, -0.2) is 4.98 Å². The van der Waals surface area contributed by atoms with Gasteiger partial charge in [-0.1, -0.05) is 29.3 Å². The van der Waals surface area contributed by atoms with Gasteiger partial charge in [-0.15, -0.1) is 11.3 Å². The molecular weight excluding hydrogens is 443 g/mol. The molecule has 0 bridgehead atoms. The number of nitrogens with zero attached hydrogens (tertiary/aromatic N) is 2. The van der Waals surface area contributed by atoms with Crippen LogP contribution in [-0.4, -0.2) is 28.9 Å². The van der Waals surface area contributed by atoms with E-state index in [-0.39, 0.29) is 18.6 Å². The molecule has 0 aliphatic carbocycles. The van der Waals surface area contributed by atoms with E-state index < -0.39 is 0 Å². The molecule has 2 aromatic carbocycles. The minimum Gasteiger partial charge on any atom is -0.497 e. The highest BCUT2D eigenvalue weighted by Crippen LogP contribution is 2.29. The smallest absolute Gasteiger partial charge is 0.254 e. The van der Waals surface area contributed by atoms with Crippen LogP contribution in [0.25, 0.3) is 0 Å². The van der Waals surface area contributed by atoms with E-state index in [1.54, 1.807) is 42.3 Å². The van der Waals surface area contributed by atoms with Crippen LogP contribution in [0.15, 0.2) is 47.8 Å². The highest BCUT2D eigenvalue weighted by molar-refractivity contribution is 7.09. The molecule has 158 valence electrons. The van der Waals surface area contributed by atoms with Crippen molar-refractivity contribution in [2.45, 2.75) is 33.0 Å². The van der Waals surface area contributed by atoms with Crippen molar-refractivity contribution in [1.29, 1.82) is 0 Å². The lowest BCUT2D eigenvalue weighted by Crippen LogP contribution is -2.36. The summed E-state index contributed by atoms with van der Waals surface area (Å²) in [5.74, 6) is 1.09. The van der Waals surface area contributed by atoms with Gasteiger partial charge >= 0.3 is 0 Å².